The maximum absolute atomic E-state index is 13.2. The van der Waals surface area contributed by atoms with Gasteiger partial charge in [0, 0.05) is 10.2 Å². The Morgan fingerprint density at radius 3 is 2.76 bits per heavy atom. The monoisotopic (exact) mass is 367 g/mol. The second kappa shape index (κ2) is 5.42. The van der Waals surface area contributed by atoms with Crippen molar-refractivity contribution in [3.05, 3.63) is 51.7 Å². The first kappa shape index (κ1) is 14.0. The maximum Gasteiger partial charge on any atom is 0.190 e. The molecule has 0 saturated carbocycles. The van der Waals surface area contributed by atoms with Crippen LogP contribution in [0.15, 0.2) is 40.9 Å². The van der Waals surface area contributed by atoms with Crippen LogP contribution < -0.4 is 5.73 Å². The normalized spacial score (nSPS) is 10.8. The number of rotatable bonds is 2. The average molecular weight is 369 g/mol. The van der Waals surface area contributed by atoms with Gasteiger partial charge in [0.1, 0.15) is 5.82 Å². The van der Waals surface area contributed by atoms with Crippen molar-refractivity contribution in [2.75, 3.05) is 5.73 Å². The van der Waals surface area contributed by atoms with E-state index in [4.69, 9.17) is 17.3 Å². The molecule has 0 amide bonds. The lowest BCUT2D eigenvalue weighted by atomic mass is 10.1. The molecule has 0 bridgehead atoms. The Morgan fingerprint density at radius 1 is 1.24 bits per heavy atom. The first-order valence-corrected chi connectivity index (χ1v) is 7.03. The summed E-state index contributed by atoms with van der Waals surface area (Å²) in [7, 11) is 0. The molecule has 0 aliphatic carbocycles. The maximum atomic E-state index is 13.2. The van der Waals surface area contributed by atoms with Gasteiger partial charge in [-0.25, -0.2) is 4.39 Å². The molecule has 3 rings (SSSR count). The van der Waals surface area contributed by atoms with Gasteiger partial charge in [-0.3, -0.25) is 0 Å². The van der Waals surface area contributed by atoms with E-state index in [-0.39, 0.29) is 5.82 Å². The molecule has 0 saturated heterocycles. The molecular weight excluding hydrogens is 361 g/mol. The summed E-state index contributed by atoms with van der Waals surface area (Å²) in [5.41, 5.74) is 7.52. The number of anilines is 1. The van der Waals surface area contributed by atoms with Crippen LogP contribution >= 0.6 is 27.5 Å². The zero-order valence-corrected chi connectivity index (χ0v) is 12.8. The number of tetrazole rings is 1. The number of benzene rings is 2. The lowest BCUT2D eigenvalue weighted by molar-refractivity contribution is 0.625. The van der Waals surface area contributed by atoms with Crippen molar-refractivity contribution >= 4 is 33.2 Å². The summed E-state index contributed by atoms with van der Waals surface area (Å²) in [5, 5.41) is 12.0. The van der Waals surface area contributed by atoms with Crippen molar-refractivity contribution in [1.29, 1.82) is 0 Å². The molecule has 106 valence electrons. The van der Waals surface area contributed by atoms with E-state index in [2.05, 4.69) is 31.5 Å². The van der Waals surface area contributed by atoms with Crippen molar-refractivity contribution in [3.63, 3.8) is 0 Å². The molecule has 0 radical (unpaired) electrons. The van der Waals surface area contributed by atoms with Crippen LogP contribution in [-0.4, -0.2) is 20.2 Å². The summed E-state index contributed by atoms with van der Waals surface area (Å²) in [4.78, 5) is 0. The smallest absolute Gasteiger partial charge is 0.190 e. The van der Waals surface area contributed by atoms with Crippen molar-refractivity contribution < 1.29 is 4.39 Å². The molecule has 0 atom stereocenters. The van der Waals surface area contributed by atoms with Crippen LogP contribution in [0.25, 0.3) is 17.1 Å². The van der Waals surface area contributed by atoms with E-state index in [1.165, 1.54) is 16.8 Å². The molecule has 0 aliphatic rings. The quantitative estimate of drug-likeness (QED) is 0.703. The van der Waals surface area contributed by atoms with Gasteiger partial charge in [0.2, 0.25) is 0 Å². The lowest BCUT2D eigenvalue weighted by Crippen LogP contribution is -2.03. The molecule has 3 aromatic rings. The predicted molar refractivity (Wildman–Crippen MR) is 81.7 cm³/mol. The van der Waals surface area contributed by atoms with Gasteiger partial charge in [0.15, 0.2) is 5.82 Å². The van der Waals surface area contributed by atoms with E-state index in [1.807, 2.05) is 0 Å². The Morgan fingerprint density at radius 2 is 2.05 bits per heavy atom. The van der Waals surface area contributed by atoms with Crippen molar-refractivity contribution in [2.24, 2.45) is 0 Å². The average Bonchev–Trinajstić information content (AvgIpc) is 2.87. The van der Waals surface area contributed by atoms with Crippen LogP contribution in [0.4, 0.5) is 10.1 Å². The molecule has 0 unspecified atom stereocenters. The molecule has 1 heterocycles. The van der Waals surface area contributed by atoms with Crippen LogP contribution in [-0.2, 0) is 0 Å². The number of hydrogen-bond donors (Lipinski definition) is 1. The standard InChI is InChI=1S/C13H8BrClFN5/c14-8-6-7(16)4-5-11(8)21-13(18-19-20-21)12-9(15)2-1-3-10(12)17/h1-6H,17H2. The SMILES string of the molecule is Nc1cccc(Cl)c1-c1nnnn1-c1ccc(F)cc1Br. The Hall–Kier alpha value is -1.99. The third-order valence-corrected chi connectivity index (χ3v) is 3.83. The summed E-state index contributed by atoms with van der Waals surface area (Å²) in [6, 6.07) is 9.36. The summed E-state index contributed by atoms with van der Waals surface area (Å²) >= 11 is 9.48. The van der Waals surface area contributed by atoms with Crippen LogP contribution in [0.3, 0.4) is 0 Å². The molecular formula is C13H8BrClFN5. The number of nitrogens with zero attached hydrogens (tertiary/aromatic N) is 4. The van der Waals surface area contributed by atoms with E-state index in [0.717, 1.165) is 0 Å². The van der Waals surface area contributed by atoms with Crippen LogP contribution in [0.5, 0.6) is 0 Å². The largest absolute Gasteiger partial charge is 0.398 e. The van der Waals surface area contributed by atoms with E-state index < -0.39 is 0 Å². The van der Waals surface area contributed by atoms with Crippen molar-refractivity contribution in [2.45, 2.75) is 0 Å². The fourth-order valence-electron chi connectivity index (χ4n) is 1.94. The minimum absolute atomic E-state index is 0.363. The third-order valence-electron chi connectivity index (χ3n) is 2.88. The number of nitrogens with two attached hydrogens (primary N) is 1. The Bertz CT molecular complexity index is 800. The van der Waals surface area contributed by atoms with Gasteiger partial charge in [-0.05, 0) is 56.7 Å². The first-order valence-electron chi connectivity index (χ1n) is 5.86. The van der Waals surface area contributed by atoms with Gasteiger partial charge in [-0.2, -0.15) is 4.68 Å². The molecule has 0 aliphatic heterocycles. The Balaban J connectivity index is 2.22. The van der Waals surface area contributed by atoms with E-state index in [1.54, 1.807) is 24.3 Å². The third kappa shape index (κ3) is 2.50. The molecule has 21 heavy (non-hydrogen) atoms. The van der Waals surface area contributed by atoms with Gasteiger partial charge in [0.25, 0.3) is 0 Å². The van der Waals surface area contributed by atoms with Gasteiger partial charge in [0.05, 0.1) is 16.3 Å². The molecule has 2 aromatic carbocycles. The summed E-state index contributed by atoms with van der Waals surface area (Å²) in [5.74, 6) is 0.0166. The van der Waals surface area contributed by atoms with E-state index in [9.17, 15) is 4.39 Å². The van der Waals surface area contributed by atoms with Gasteiger partial charge in [-0.15, -0.1) is 5.10 Å². The zero-order valence-electron chi connectivity index (χ0n) is 10.5. The van der Waals surface area contributed by atoms with Crippen molar-refractivity contribution in [3.8, 4) is 17.1 Å². The highest BCUT2D eigenvalue weighted by Gasteiger charge is 2.18. The van der Waals surface area contributed by atoms with Crippen LogP contribution in [0, 0.1) is 5.82 Å². The van der Waals surface area contributed by atoms with Crippen LogP contribution in [0.2, 0.25) is 5.02 Å². The Kier molecular flexibility index (Phi) is 3.60. The van der Waals surface area contributed by atoms with E-state index in [0.29, 0.717) is 32.3 Å². The summed E-state index contributed by atoms with van der Waals surface area (Å²) in [6.07, 6.45) is 0. The van der Waals surface area contributed by atoms with Crippen LogP contribution in [0.1, 0.15) is 0 Å². The lowest BCUT2D eigenvalue weighted by Gasteiger charge is -2.09. The first-order chi connectivity index (χ1) is 10.1. The highest BCUT2D eigenvalue weighted by molar-refractivity contribution is 9.10. The minimum Gasteiger partial charge on any atom is -0.398 e. The van der Waals surface area contributed by atoms with Gasteiger partial charge < -0.3 is 5.73 Å². The fourth-order valence-corrected chi connectivity index (χ4v) is 2.72. The number of nitrogen functional groups attached to an aromatic ring is 1. The molecule has 2 N–H and O–H groups in total. The van der Waals surface area contributed by atoms with Gasteiger partial charge >= 0.3 is 0 Å². The predicted octanol–water partition coefficient (Wildman–Crippen LogP) is 3.47. The second-order valence-corrected chi connectivity index (χ2v) is 5.48. The highest BCUT2D eigenvalue weighted by Crippen LogP contribution is 2.33. The van der Waals surface area contributed by atoms with E-state index >= 15 is 0 Å². The number of aromatic nitrogens is 4. The molecule has 0 fully saturated rings. The number of halogens is 3. The summed E-state index contributed by atoms with van der Waals surface area (Å²) in [6.45, 7) is 0. The molecule has 0 spiro atoms. The summed E-state index contributed by atoms with van der Waals surface area (Å²) < 4.78 is 15.2. The fraction of sp³-hybridized carbons (Fsp3) is 0. The topological polar surface area (TPSA) is 69.6 Å². The Labute approximate surface area is 132 Å². The second-order valence-electron chi connectivity index (χ2n) is 4.21. The zero-order chi connectivity index (χ0) is 15.0. The highest BCUT2D eigenvalue weighted by atomic mass is 79.9. The van der Waals surface area contributed by atoms with Gasteiger partial charge in [-0.1, -0.05) is 17.7 Å². The minimum atomic E-state index is -0.363. The molecule has 5 nitrogen and oxygen atoms in total. The molecule has 8 heteroatoms. The van der Waals surface area contributed by atoms with Crippen molar-refractivity contribution in [1.82, 2.24) is 20.2 Å². The number of hydrogen-bond acceptors (Lipinski definition) is 4. The molecule has 1 aromatic heterocycles.